The number of imidazole rings is 1. The fourth-order valence-electron chi connectivity index (χ4n) is 4.78. The SMILES string of the molecule is COc1cc(Nc2nc(-c3ccc4c(c3)NCCO4)cn3ccnc23)ccc1N1CCC[C@H](O)C1. The van der Waals surface area contributed by atoms with Crippen LogP contribution in [0.5, 0.6) is 11.5 Å². The van der Waals surface area contributed by atoms with Crippen LogP contribution in [0.3, 0.4) is 0 Å². The number of rotatable bonds is 5. The van der Waals surface area contributed by atoms with Crippen LogP contribution in [0.2, 0.25) is 0 Å². The minimum atomic E-state index is -0.308. The van der Waals surface area contributed by atoms with Crippen LogP contribution < -0.4 is 25.0 Å². The Morgan fingerprint density at radius 1 is 1.23 bits per heavy atom. The monoisotopic (exact) mass is 472 g/mol. The van der Waals surface area contributed by atoms with E-state index in [0.29, 0.717) is 19.0 Å². The molecule has 1 fully saturated rings. The Labute approximate surface area is 203 Å². The Bertz CT molecular complexity index is 1370. The molecule has 2 aliphatic heterocycles. The van der Waals surface area contributed by atoms with Crippen molar-refractivity contribution in [2.45, 2.75) is 18.9 Å². The first-order valence-corrected chi connectivity index (χ1v) is 11.9. The first kappa shape index (κ1) is 21.5. The Balaban J connectivity index is 1.34. The predicted molar refractivity (Wildman–Crippen MR) is 136 cm³/mol. The highest BCUT2D eigenvalue weighted by atomic mass is 16.5. The van der Waals surface area contributed by atoms with Crippen LogP contribution >= 0.6 is 0 Å². The van der Waals surface area contributed by atoms with Gasteiger partial charge in [0.25, 0.3) is 0 Å². The van der Waals surface area contributed by atoms with E-state index in [-0.39, 0.29) is 6.10 Å². The zero-order valence-electron chi connectivity index (χ0n) is 19.6. The van der Waals surface area contributed by atoms with Gasteiger partial charge in [0.2, 0.25) is 0 Å². The van der Waals surface area contributed by atoms with E-state index >= 15 is 0 Å². The van der Waals surface area contributed by atoms with Crippen LogP contribution in [0.15, 0.2) is 55.0 Å². The van der Waals surface area contributed by atoms with Crippen LogP contribution in [-0.4, -0.2) is 58.9 Å². The topological polar surface area (TPSA) is 96.2 Å². The van der Waals surface area contributed by atoms with Crippen molar-refractivity contribution in [1.82, 2.24) is 14.4 Å². The molecule has 0 spiro atoms. The van der Waals surface area contributed by atoms with Gasteiger partial charge >= 0.3 is 0 Å². The number of hydrogen-bond donors (Lipinski definition) is 3. The maximum Gasteiger partial charge on any atom is 0.180 e. The van der Waals surface area contributed by atoms with Gasteiger partial charge < -0.3 is 34.5 Å². The van der Waals surface area contributed by atoms with Crippen LogP contribution in [0.1, 0.15) is 12.8 Å². The van der Waals surface area contributed by atoms with E-state index in [1.165, 1.54) is 0 Å². The number of methoxy groups -OCH3 is 1. The summed E-state index contributed by atoms with van der Waals surface area (Å²) in [5, 5.41) is 16.9. The molecule has 6 rings (SSSR count). The lowest BCUT2D eigenvalue weighted by atomic mass is 10.1. The van der Waals surface area contributed by atoms with Crippen LogP contribution in [-0.2, 0) is 0 Å². The molecule has 4 aromatic rings. The molecule has 0 aliphatic carbocycles. The van der Waals surface area contributed by atoms with Crippen molar-refractivity contribution in [2.75, 3.05) is 48.9 Å². The van der Waals surface area contributed by atoms with Gasteiger partial charge in [-0.2, -0.15) is 0 Å². The highest BCUT2D eigenvalue weighted by Gasteiger charge is 2.21. The standard InChI is InChI=1S/C26H28N6O3/c1-34-24-14-18(5-6-22(24)31-10-2-3-19(33)15-31)29-25-26-28-8-11-32(26)16-21(30-25)17-4-7-23-20(13-17)27-9-12-35-23/h4-8,11,13-14,16,19,27,33H,2-3,9-10,12,15H2,1H3,(H,29,30)/t19-/m0/s1. The summed E-state index contributed by atoms with van der Waals surface area (Å²) in [6.07, 6.45) is 7.15. The smallest absolute Gasteiger partial charge is 0.180 e. The minimum absolute atomic E-state index is 0.308. The Hall–Kier alpha value is -3.98. The molecule has 0 bridgehead atoms. The molecule has 180 valence electrons. The van der Waals surface area contributed by atoms with E-state index in [0.717, 1.165) is 71.4 Å². The molecule has 0 radical (unpaired) electrons. The van der Waals surface area contributed by atoms with Crippen LogP contribution in [0.4, 0.5) is 22.9 Å². The lowest BCUT2D eigenvalue weighted by Crippen LogP contribution is -2.38. The highest BCUT2D eigenvalue weighted by Crippen LogP contribution is 2.36. The lowest BCUT2D eigenvalue weighted by molar-refractivity contribution is 0.154. The second-order valence-electron chi connectivity index (χ2n) is 8.87. The van der Waals surface area contributed by atoms with Gasteiger partial charge in [-0.05, 0) is 43.2 Å². The molecule has 3 N–H and O–H groups in total. The first-order valence-electron chi connectivity index (χ1n) is 11.9. The average Bonchev–Trinajstić information content (AvgIpc) is 3.37. The number of piperidine rings is 1. The molecule has 9 heteroatoms. The van der Waals surface area contributed by atoms with Crippen molar-refractivity contribution < 1.29 is 14.6 Å². The third kappa shape index (κ3) is 4.19. The highest BCUT2D eigenvalue weighted by molar-refractivity contribution is 5.77. The molecule has 0 amide bonds. The molecule has 1 saturated heterocycles. The molecule has 4 heterocycles. The summed E-state index contributed by atoms with van der Waals surface area (Å²) in [6, 6.07) is 12.1. The molecule has 1 atom stereocenters. The molecule has 0 unspecified atom stereocenters. The Morgan fingerprint density at radius 3 is 3.06 bits per heavy atom. The van der Waals surface area contributed by atoms with E-state index in [2.05, 4.69) is 26.6 Å². The predicted octanol–water partition coefficient (Wildman–Crippen LogP) is 3.91. The summed E-state index contributed by atoms with van der Waals surface area (Å²) in [4.78, 5) is 11.6. The van der Waals surface area contributed by atoms with Crippen LogP contribution in [0.25, 0.3) is 16.9 Å². The Kier molecular flexibility index (Phi) is 5.54. The third-order valence-electron chi connectivity index (χ3n) is 6.50. The second kappa shape index (κ2) is 8.99. The summed E-state index contributed by atoms with van der Waals surface area (Å²) >= 11 is 0. The number of hydrogen-bond acceptors (Lipinski definition) is 8. The molecule has 2 aliphatic rings. The number of nitrogens with one attached hydrogen (secondary N) is 2. The Morgan fingerprint density at radius 2 is 2.17 bits per heavy atom. The van der Waals surface area contributed by atoms with E-state index in [9.17, 15) is 5.11 Å². The van der Waals surface area contributed by atoms with Gasteiger partial charge in [-0.1, -0.05) is 0 Å². The van der Waals surface area contributed by atoms with Gasteiger partial charge in [-0.15, -0.1) is 0 Å². The molecular formula is C26H28N6O3. The number of aromatic nitrogens is 3. The number of ether oxygens (including phenoxy) is 2. The molecule has 9 nitrogen and oxygen atoms in total. The fourth-order valence-corrected chi connectivity index (χ4v) is 4.78. The average molecular weight is 473 g/mol. The van der Waals surface area contributed by atoms with Crippen molar-refractivity contribution in [3.63, 3.8) is 0 Å². The van der Waals surface area contributed by atoms with E-state index in [1.54, 1.807) is 13.3 Å². The molecule has 35 heavy (non-hydrogen) atoms. The number of benzene rings is 2. The van der Waals surface area contributed by atoms with Gasteiger partial charge in [0.05, 0.1) is 30.3 Å². The van der Waals surface area contributed by atoms with Crippen LogP contribution in [0, 0.1) is 0 Å². The maximum absolute atomic E-state index is 10.1. The summed E-state index contributed by atoms with van der Waals surface area (Å²) in [7, 11) is 1.67. The molecular weight excluding hydrogens is 444 g/mol. The number of anilines is 4. The van der Waals surface area contributed by atoms with Gasteiger partial charge in [-0.25, -0.2) is 9.97 Å². The van der Waals surface area contributed by atoms with Crippen molar-refractivity contribution in [2.24, 2.45) is 0 Å². The van der Waals surface area contributed by atoms with Crippen molar-refractivity contribution >= 4 is 28.5 Å². The second-order valence-corrected chi connectivity index (χ2v) is 8.87. The van der Waals surface area contributed by atoms with Gasteiger partial charge in [0.15, 0.2) is 11.5 Å². The normalized spacial score (nSPS) is 17.4. The van der Waals surface area contributed by atoms with Gasteiger partial charge in [0.1, 0.15) is 18.1 Å². The zero-order chi connectivity index (χ0) is 23.8. The lowest BCUT2D eigenvalue weighted by Gasteiger charge is -2.33. The number of aliphatic hydroxyl groups is 1. The third-order valence-corrected chi connectivity index (χ3v) is 6.50. The van der Waals surface area contributed by atoms with Crippen molar-refractivity contribution in [3.05, 3.63) is 55.0 Å². The molecule has 0 saturated carbocycles. The summed E-state index contributed by atoms with van der Waals surface area (Å²) in [5.41, 5.74) is 5.33. The zero-order valence-corrected chi connectivity index (χ0v) is 19.6. The first-order chi connectivity index (χ1) is 17.2. The number of fused-ring (bicyclic) bond motifs is 2. The van der Waals surface area contributed by atoms with Gasteiger partial charge in [0, 0.05) is 55.5 Å². The quantitative estimate of drug-likeness (QED) is 0.402. The fraction of sp³-hybridized carbons (Fsp3) is 0.308. The van der Waals surface area contributed by atoms with Crippen molar-refractivity contribution in [1.29, 1.82) is 0 Å². The van der Waals surface area contributed by atoms with E-state index < -0.39 is 0 Å². The summed E-state index contributed by atoms with van der Waals surface area (Å²) in [5.74, 6) is 2.26. The summed E-state index contributed by atoms with van der Waals surface area (Å²) in [6.45, 7) is 2.97. The summed E-state index contributed by atoms with van der Waals surface area (Å²) < 4.78 is 13.4. The number of aliphatic hydroxyl groups excluding tert-OH is 1. The maximum atomic E-state index is 10.1. The number of nitrogens with zero attached hydrogens (tertiary/aromatic N) is 4. The van der Waals surface area contributed by atoms with E-state index in [4.69, 9.17) is 14.5 Å². The number of β-amino-alcohol motifs (C(OH)–C–C–N with tert-alkyl or cyclic N) is 1. The minimum Gasteiger partial charge on any atom is -0.495 e. The largest absolute Gasteiger partial charge is 0.495 e. The molecule has 2 aromatic carbocycles. The van der Waals surface area contributed by atoms with Crippen molar-refractivity contribution in [3.8, 4) is 22.8 Å². The molecule has 2 aromatic heterocycles. The van der Waals surface area contributed by atoms with E-state index in [1.807, 2.05) is 47.1 Å². The van der Waals surface area contributed by atoms with Gasteiger partial charge in [-0.3, -0.25) is 0 Å².